The minimum Gasteiger partial charge on any atom is -0.492 e. The molecule has 6 nitrogen and oxygen atoms in total. The quantitative estimate of drug-likeness (QED) is 0.693. The zero-order chi connectivity index (χ0) is 20.7. The number of carbonyl (C=O) groups excluding carboxylic acids is 1. The minimum atomic E-state index is -3.72. The van der Waals surface area contributed by atoms with E-state index in [0.29, 0.717) is 25.4 Å². The Hall–Kier alpha value is -2.38. The lowest BCUT2D eigenvalue weighted by molar-refractivity contribution is -0.115. The van der Waals surface area contributed by atoms with E-state index in [1.165, 1.54) is 10.4 Å². The van der Waals surface area contributed by atoms with E-state index in [0.717, 1.165) is 11.1 Å². The van der Waals surface area contributed by atoms with Crippen LogP contribution in [0.3, 0.4) is 0 Å². The van der Waals surface area contributed by atoms with Crippen molar-refractivity contribution >= 4 is 21.6 Å². The number of ether oxygens (including phenoxy) is 1. The maximum atomic E-state index is 13.0. The second kappa shape index (κ2) is 9.71. The summed E-state index contributed by atoms with van der Waals surface area (Å²) in [6.07, 6.45) is 0.220. The second-order valence-corrected chi connectivity index (χ2v) is 8.24. The summed E-state index contributed by atoms with van der Waals surface area (Å²) in [5.74, 6) is 0.0796. The Balaban J connectivity index is 2.31. The lowest BCUT2D eigenvalue weighted by Crippen LogP contribution is -2.31. The van der Waals surface area contributed by atoms with Crippen molar-refractivity contribution in [1.82, 2.24) is 4.31 Å². The van der Waals surface area contributed by atoms with Gasteiger partial charge >= 0.3 is 0 Å². The molecular formula is C21H28N2O4S. The number of benzene rings is 2. The highest BCUT2D eigenvalue weighted by Crippen LogP contribution is 2.30. The number of nitrogens with one attached hydrogen (secondary N) is 1. The van der Waals surface area contributed by atoms with Gasteiger partial charge in [0.2, 0.25) is 15.9 Å². The summed E-state index contributed by atoms with van der Waals surface area (Å²) in [7, 11) is -3.72. The molecule has 2 rings (SSSR count). The highest BCUT2D eigenvalue weighted by molar-refractivity contribution is 7.89. The number of hydrogen-bond donors (Lipinski definition) is 1. The summed E-state index contributed by atoms with van der Waals surface area (Å²) in [6.45, 7) is 8.38. The van der Waals surface area contributed by atoms with Crippen molar-refractivity contribution < 1.29 is 17.9 Å². The Kier molecular flexibility index (Phi) is 7.60. The SMILES string of the molecule is CCOc1ccc(NC(=O)Cc2ccccc2C)cc1S(=O)(=O)N(CC)CC. The molecule has 0 aliphatic carbocycles. The molecule has 0 spiro atoms. The Morgan fingerprint density at radius 2 is 1.75 bits per heavy atom. The van der Waals surface area contributed by atoms with Crippen molar-refractivity contribution in [3.05, 3.63) is 53.6 Å². The fraction of sp³-hybridized carbons (Fsp3) is 0.381. The van der Waals surface area contributed by atoms with Crippen LogP contribution >= 0.6 is 0 Å². The molecule has 0 unspecified atom stereocenters. The van der Waals surface area contributed by atoms with E-state index >= 15 is 0 Å². The van der Waals surface area contributed by atoms with Crippen LogP contribution in [0.2, 0.25) is 0 Å². The number of sulfonamides is 1. The molecule has 0 atom stereocenters. The van der Waals surface area contributed by atoms with Crippen molar-refractivity contribution in [3.8, 4) is 5.75 Å². The van der Waals surface area contributed by atoms with E-state index in [9.17, 15) is 13.2 Å². The number of hydrogen-bond acceptors (Lipinski definition) is 4. The normalized spacial score (nSPS) is 11.5. The molecule has 2 aromatic carbocycles. The molecule has 2 aromatic rings. The van der Waals surface area contributed by atoms with Crippen LogP contribution in [0.1, 0.15) is 31.9 Å². The van der Waals surface area contributed by atoms with Crippen LogP contribution in [0.25, 0.3) is 0 Å². The Morgan fingerprint density at radius 3 is 2.36 bits per heavy atom. The maximum absolute atomic E-state index is 13.0. The molecule has 0 bridgehead atoms. The third-order valence-electron chi connectivity index (χ3n) is 4.46. The summed E-state index contributed by atoms with van der Waals surface area (Å²) in [5, 5.41) is 2.80. The van der Waals surface area contributed by atoms with Gasteiger partial charge in [0, 0.05) is 18.8 Å². The molecule has 28 heavy (non-hydrogen) atoms. The molecule has 0 aliphatic rings. The molecule has 0 heterocycles. The van der Waals surface area contributed by atoms with Gasteiger partial charge in [0.1, 0.15) is 10.6 Å². The first-order valence-corrected chi connectivity index (χ1v) is 10.9. The van der Waals surface area contributed by atoms with Gasteiger partial charge in [0.25, 0.3) is 0 Å². The summed E-state index contributed by atoms with van der Waals surface area (Å²) in [4.78, 5) is 12.5. The van der Waals surface area contributed by atoms with Crippen LogP contribution in [0.15, 0.2) is 47.4 Å². The Bertz CT molecular complexity index is 922. The smallest absolute Gasteiger partial charge is 0.246 e. The summed E-state index contributed by atoms with van der Waals surface area (Å²) >= 11 is 0. The van der Waals surface area contributed by atoms with Crippen molar-refractivity contribution in [2.45, 2.75) is 39.0 Å². The fourth-order valence-electron chi connectivity index (χ4n) is 2.95. The molecule has 0 saturated heterocycles. The van der Waals surface area contributed by atoms with Gasteiger partial charge < -0.3 is 10.1 Å². The number of anilines is 1. The zero-order valence-electron chi connectivity index (χ0n) is 16.9. The number of amides is 1. The van der Waals surface area contributed by atoms with E-state index in [1.807, 2.05) is 31.2 Å². The largest absolute Gasteiger partial charge is 0.492 e. The Morgan fingerprint density at radius 1 is 1.07 bits per heavy atom. The number of nitrogens with zero attached hydrogens (tertiary/aromatic N) is 1. The van der Waals surface area contributed by atoms with Crippen LogP contribution < -0.4 is 10.1 Å². The summed E-state index contributed by atoms with van der Waals surface area (Å²) < 4.78 is 32.9. The van der Waals surface area contributed by atoms with Crippen molar-refractivity contribution in [3.63, 3.8) is 0 Å². The zero-order valence-corrected chi connectivity index (χ0v) is 17.7. The van der Waals surface area contributed by atoms with Gasteiger partial charge in [-0.3, -0.25) is 4.79 Å². The molecule has 0 aromatic heterocycles. The van der Waals surface area contributed by atoms with Gasteiger partial charge in [-0.15, -0.1) is 0 Å². The first kappa shape index (κ1) is 21.9. The lowest BCUT2D eigenvalue weighted by atomic mass is 10.1. The third-order valence-corrected chi connectivity index (χ3v) is 6.53. The van der Waals surface area contributed by atoms with E-state index < -0.39 is 10.0 Å². The number of carbonyl (C=O) groups is 1. The van der Waals surface area contributed by atoms with E-state index in [1.54, 1.807) is 32.9 Å². The molecule has 152 valence electrons. The first-order valence-electron chi connectivity index (χ1n) is 9.44. The van der Waals surface area contributed by atoms with E-state index in [4.69, 9.17) is 4.74 Å². The van der Waals surface area contributed by atoms with Gasteiger partial charge in [-0.2, -0.15) is 4.31 Å². The molecule has 0 saturated carbocycles. The maximum Gasteiger partial charge on any atom is 0.246 e. The average molecular weight is 405 g/mol. The third kappa shape index (κ3) is 5.11. The van der Waals surface area contributed by atoms with Gasteiger partial charge in [-0.1, -0.05) is 38.1 Å². The van der Waals surface area contributed by atoms with Gasteiger partial charge in [0.05, 0.1) is 13.0 Å². The molecule has 0 aliphatic heterocycles. The molecule has 0 fully saturated rings. The van der Waals surface area contributed by atoms with Gasteiger partial charge in [0.15, 0.2) is 0 Å². The molecule has 1 amide bonds. The molecular weight excluding hydrogens is 376 g/mol. The van der Waals surface area contributed by atoms with Gasteiger partial charge in [-0.25, -0.2) is 8.42 Å². The van der Waals surface area contributed by atoms with Crippen LogP contribution in [0.5, 0.6) is 5.75 Å². The van der Waals surface area contributed by atoms with Crippen LogP contribution in [-0.2, 0) is 21.2 Å². The summed E-state index contributed by atoms with van der Waals surface area (Å²) in [6, 6.07) is 12.4. The number of aryl methyl sites for hydroxylation is 1. The lowest BCUT2D eigenvalue weighted by Gasteiger charge is -2.21. The van der Waals surface area contributed by atoms with Crippen LogP contribution in [0, 0.1) is 6.92 Å². The highest BCUT2D eigenvalue weighted by atomic mass is 32.2. The highest BCUT2D eigenvalue weighted by Gasteiger charge is 2.26. The summed E-state index contributed by atoms with van der Waals surface area (Å²) in [5.41, 5.74) is 2.39. The van der Waals surface area contributed by atoms with Crippen LogP contribution in [-0.4, -0.2) is 38.3 Å². The second-order valence-electron chi connectivity index (χ2n) is 6.34. The van der Waals surface area contributed by atoms with Crippen molar-refractivity contribution in [1.29, 1.82) is 0 Å². The standard InChI is InChI=1S/C21H28N2O4S/c1-5-23(6-2)28(25,26)20-15-18(12-13-19(20)27-7-3)22-21(24)14-17-11-9-8-10-16(17)4/h8-13,15H,5-7,14H2,1-4H3,(H,22,24). The van der Waals surface area contributed by atoms with Gasteiger partial charge in [-0.05, 0) is 43.2 Å². The topological polar surface area (TPSA) is 75.7 Å². The number of rotatable bonds is 9. The predicted molar refractivity (Wildman–Crippen MR) is 111 cm³/mol. The first-order chi connectivity index (χ1) is 13.3. The Labute approximate surface area is 167 Å². The van der Waals surface area contributed by atoms with Crippen molar-refractivity contribution in [2.24, 2.45) is 0 Å². The van der Waals surface area contributed by atoms with Crippen molar-refractivity contribution in [2.75, 3.05) is 25.0 Å². The van der Waals surface area contributed by atoms with Crippen LogP contribution in [0.4, 0.5) is 5.69 Å². The monoisotopic (exact) mass is 404 g/mol. The molecule has 1 N–H and O–H groups in total. The predicted octanol–water partition coefficient (Wildman–Crippen LogP) is 3.61. The van der Waals surface area contributed by atoms with E-state index in [2.05, 4.69) is 5.32 Å². The fourth-order valence-corrected chi connectivity index (χ4v) is 4.57. The minimum absolute atomic E-state index is 0.0618. The average Bonchev–Trinajstić information content (AvgIpc) is 2.65. The molecule has 7 heteroatoms. The molecule has 0 radical (unpaired) electrons. The van der Waals surface area contributed by atoms with E-state index in [-0.39, 0.29) is 23.0 Å².